The summed E-state index contributed by atoms with van der Waals surface area (Å²) < 4.78 is 0. The predicted molar refractivity (Wildman–Crippen MR) is 227 cm³/mol. The smallest absolute Gasteiger partial charge is 0.0546 e. The van der Waals surface area contributed by atoms with Crippen molar-refractivity contribution in [1.82, 2.24) is 0 Å². The highest BCUT2D eigenvalue weighted by Gasteiger charge is 2.21. The highest BCUT2D eigenvalue weighted by Crippen LogP contribution is 2.47. The first kappa shape index (κ1) is 30.8. The summed E-state index contributed by atoms with van der Waals surface area (Å²) >= 11 is 0. The van der Waals surface area contributed by atoms with Crippen LogP contribution in [0.3, 0.4) is 0 Å². The van der Waals surface area contributed by atoms with E-state index < -0.39 is 0 Å². The molecule has 1 nitrogen and oxygen atoms in total. The first-order chi connectivity index (χ1) is 26.3. The van der Waals surface area contributed by atoms with Gasteiger partial charge in [-0.05, 0) is 95.9 Å². The fourth-order valence-corrected chi connectivity index (χ4v) is 8.11. The van der Waals surface area contributed by atoms with Gasteiger partial charge in [0.05, 0.1) is 11.4 Å². The third-order valence-electron chi connectivity index (χ3n) is 10.6. The Morgan fingerprint density at radius 1 is 0.264 bits per heavy atom. The maximum absolute atomic E-state index is 2.46. The number of hydrogen-bond donors (Lipinski definition) is 0. The van der Waals surface area contributed by atoms with E-state index >= 15 is 0 Å². The van der Waals surface area contributed by atoms with Crippen molar-refractivity contribution in [3.8, 4) is 33.4 Å². The molecule has 0 fully saturated rings. The lowest BCUT2D eigenvalue weighted by Crippen LogP contribution is -2.12. The average Bonchev–Trinajstić information content (AvgIpc) is 3.24. The molecule has 0 amide bonds. The van der Waals surface area contributed by atoms with Gasteiger partial charge >= 0.3 is 0 Å². The molecule has 10 rings (SSSR count). The van der Waals surface area contributed by atoms with E-state index in [4.69, 9.17) is 0 Å². The summed E-state index contributed by atoms with van der Waals surface area (Å²) in [5, 5.41) is 10.1. The van der Waals surface area contributed by atoms with Crippen molar-refractivity contribution in [3.05, 3.63) is 212 Å². The van der Waals surface area contributed by atoms with Gasteiger partial charge in [-0.1, -0.05) is 182 Å². The second kappa shape index (κ2) is 13.0. The van der Waals surface area contributed by atoms with Gasteiger partial charge in [0.15, 0.2) is 0 Å². The van der Waals surface area contributed by atoms with Crippen LogP contribution in [0.4, 0.5) is 17.1 Å². The predicted octanol–water partition coefficient (Wildman–Crippen LogP) is 14.8. The molecule has 0 heterocycles. The molecule has 0 unspecified atom stereocenters. The van der Waals surface area contributed by atoms with Gasteiger partial charge in [-0.2, -0.15) is 0 Å². The van der Waals surface area contributed by atoms with Gasteiger partial charge < -0.3 is 4.90 Å². The molecular weight excluding hydrogens is 639 g/mol. The molecule has 0 aliphatic heterocycles. The molecular formula is C52H35N. The van der Waals surface area contributed by atoms with E-state index in [1.165, 1.54) is 76.5 Å². The Bertz CT molecular complexity index is 2930. The molecule has 0 saturated carbocycles. The molecule has 0 saturated heterocycles. The largest absolute Gasteiger partial charge is 0.309 e. The summed E-state index contributed by atoms with van der Waals surface area (Å²) in [5.41, 5.74) is 10.6. The van der Waals surface area contributed by atoms with Crippen LogP contribution in [0.25, 0.3) is 76.5 Å². The maximum Gasteiger partial charge on any atom is 0.0546 e. The van der Waals surface area contributed by atoms with Gasteiger partial charge in [-0.3, -0.25) is 0 Å². The van der Waals surface area contributed by atoms with Crippen LogP contribution < -0.4 is 4.90 Å². The quantitative estimate of drug-likeness (QED) is 0.159. The Kier molecular flexibility index (Phi) is 7.55. The fraction of sp³-hybridized carbons (Fsp3) is 0. The van der Waals surface area contributed by atoms with E-state index in [0.29, 0.717) is 0 Å². The van der Waals surface area contributed by atoms with Crippen molar-refractivity contribution in [2.75, 3.05) is 4.90 Å². The van der Waals surface area contributed by atoms with Crippen LogP contribution in [-0.2, 0) is 0 Å². The van der Waals surface area contributed by atoms with Crippen molar-refractivity contribution in [1.29, 1.82) is 0 Å². The van der Waals surface area contributed by atoms with Crippen LogP contribution in [0.5, 0.6) is 0 Å². The molecule has 0 atom stereocenters. The molecule has 0 aliphatic rings. The number of rotatable bonds is 6. The maximum atomic E-state index is 2.46. The monoisotopic (exact) mass is 673 g/mol. The van der Waals surface area contributed by atoms with Crippen LogP contribution in [0, 0.1) is 0 Å². The normalized spacial score (nSPS) is 11.4. The Morgan fingerprint density at radius 2 is 0.792 bits per heavy atom. The topological polar surface area (TPSA) is 3.24 Å². The zero-order valence-corrected chi connectivity index (χ0v) is 29.2. The number of hydrogen-bond acceptors (Lipinski definition) is 1. The van der Waals surface area contributed by atoms with Crippen LogP contribution in [0.1, 0.15) is 0 Å². The number of anilines is 3. The second-order valence-electron chi connectivity index (χ2n) is 13.7. The van der Waals surface area contributed by atoms with Gasteiger partial charge in [0, 0.05) is 16.6 Å². The Labute approximate surface area is 309 Å². The number of benzene rings is 10. The second-order valence-corrected chi connectivity index (χ2v) is 13.7. The lowest BCUT2D eigenvalue weighted by molar-refractivity contribution is 1.30. The first-order valence-corrected chi connectivity index (χ1v) is 18.3. The molecule has 0 aromatic heterocycles. The number of para-hydroxylation sites is 1. The Balaban J connectivity index is 1.21. The molecule has 10 aromatic carbocycles. The van der Waals surface area contributed by atoms with Gasteiger partial charge in [0.2, 0.25) is 0 Å². The van der Waals surface area contributed by atoms with E-state index in [1.54, 1.807) is 0 Å². The summed E-state index contributed by atoms with van der Waals surface area (Å²) in [6.07, 6.45) is 0. The molecule has 0 bridgehead atoms. The lowest BCUT2D eigenvalue weighted by atomic mass is 9.91. The van der Waals surface area contributed by atoms with E-state index in [9.17, 15) is 0 Å². The number of fused-ring (bicyclic) bond motifs is 7. The molecule has 0 N–H and O–H groups in total. The SMILES string of the molecule is c1ccc(-c2cccc(-c3ccc(N(c4ccccc4-c4ccccc4)c4cc5ccc6ccc7ccccc7c6c5c5ccccc45)cc3)c2)cc1. The zero-order valence-electron chi connectivity index (χ0n) is 29.2. The lowest BCUT2D eigenvalue weighted by Gasteiger charge is -2.30. The van der Waals surface area contributed by atoms with E-state index in [1.807, 2.05) is 0 Å². The van der Waals surface area contributed by atoms with Crippen molar-refractivity contribution < 1.29 is 0 Å². The minimum atomic E-state index is 1.10. The zero-order chi connectivity index (χ0) is 35.1. The third kappa shape index (κ3) is 5.42. The van der Waals surface area contributed by atoms with Crippen molar-refractivity contribution in [2.45, 2.75) is 0 Å². The summed E-state index contributed by atoms with van der Waals surface area (Å²) in [5.74, 6) is 0. The molecule has 248 valence electrons. The fourth-order valence-electron chi connectivity index (χ4n) is 8.11. The van der Waals surface area contributed by atoms with Gasteiger partial charge in [0.25, 0.3) is 0 Å². The van der Waals surface area contributed by atoms with Crippen LogP contribution >= 0.6 is 0 Å². The molecule has 1 heteroatoms. The third-order valence-corrected chi connectivity index (χ3v) is 10.6. The highest BCUT2D eigenvalue weighted by molar-refractivity contribution is 6.29. The summed E-state index contributed by atoms with van der Waals surface area (Å²) in [6, 6.07) is 77.2. The Morgan fingerprint density at radius 3 is 1.55 bits per heavy atom. The molecule has 0 aliphatic carbocycles. The minimum Gasteiger partial charge on any atom is -0.309 e. The van der Waals surface area contributed by atoms with Crippen molar-refractivity contribution in [3.63, 3.8) is 0 Å². The molecule has 10 aromatic rings. The van der Waals surface area contributed by atoms with E-state index in [-0.39, 0.29) is 0 Å². The summed E-state index contributed by atoms with van der Waals surface area (Å²) in [6.45, 7) is 0. The summed E-state index contributed by atoms with van der Waals surface area (Å²) in [4.78, 5) is 2.46. The average molecular weight is 674 g/mol. The van der Waals surface area contributed by atoms with Crippen LogP contribution in [0.2, 0.25) is 0 Å². The van der Waals surface area contributed by atoms with Crippen LogP contribution in [0.15, 0.2) is 212 Å². The van der Waals surface area contributed by atoms with E-state index in [2.05, 4.69) is 217 Å². The van der Waals surface area contributed by atoms with E-state index in [0.717, 1.165) is 17.1 Å². The van der Waals surface area contributed by atoms with Crippen LogP contribution in [-0.4, -0.2) is 0 Å². The molecule has 0 radical (unpaired) electrons. The highest BCUT2D eigenvalue weighted by atomic mass is 15.1. The standard InChI is InChI=1S/C52H35N/c1-3-14-36(15-4-1)41-19-13-20-42(34-41)37-30-32-44(33-31-37)53(49-25-12-11-21-45(49)38-16-5-2-6-17-38)50-35-43-29-28-40-27-26-39-18-7-8-22-46(39)51(40)52(43)48-24-10-9-23-47(48)50/h1-35H. The van der Waals surface area contributed by atoms with Crippen molar-refractivity contribution in [2.24, 2.45) is 0 Å². The first-order valence-electron chi connectivity index (χ1n) is 18.3. The van der Waals surface area contributed by atoms with Gasteiger partial charge in [-0.25, -0.2) is 0 Å². The van der Waals surface area contributed by atoms with Crippen molar-refractivity contribution >= 4 is 60.2 Å². The van der Waals surface area contributed by atoms with Gasteiger partial charge in [-0.15, -0.1) is 0 Å². The minimum absolute atomic E-state index is 1.10. The summed E-state index contributed by atoms with van der Waals surface area (Å²) in [7, 11) is 0. The molecule has 0 spiro atoms. The Hall–Kier alpha value is -6.96. The van der Waals surface area contributed by atoms with Gasteiger partial charge in [0.1, 0.15) is 0 Å². The number of nitrogens with zero attached hydrogens (tertiary/aromatic N) is 1. The molecule has 53 heavy (non-hydrogen) atoms.